The number of amides is 1. The Balaban J connectivity index is 2.29. The molecule has 6 nitrogen and oxygen atoms in total. The summed E-state index contributed by atoms with van der Waals surface area (Å²) >= 11 is 0. The van der Waals surface area contributed by atoms with Crippen LogP contribution in [-0.4, -0.2) is 28.8 Å². The van der Waals surface area contributed by atoms with Gasteiger partial charge in [-0.15, -0.1) is 0 Å². The van der Waals surface area contributed by atoms with E-state index in [2.05, 4.69) is 9.84 Å². The van der Waals surface area contributed by atoms with Gasteiger partial charge in [0.1, 0.15) is 0 Å². The average molecular weight is 245 g/mol. The lowest BCUT2D eigenvalue weighted by Crippen LogP contribution is -2.10. The van der Waals surface area contributed by atoms with Crippen molar-refractivity contribution in [1.82, 2.24) is 9.78 Å². The van der Waals surface area contributed by atoms with Crippen molar-refractivity contribution >= 4 is 11.9 Å². The van der Waals surface area contributed by atoms with E-state index in [-0.39, 0.29) is 5.69 Å². The second kappa shape index (κ2) is 4.70. The molecule has 18 heavy (non-hydrogen) atoms. The van der Waals surface area contributed by atoms with Crippen molar-refractivity contribution in [2.75, 3.05) is 7.11 Å². The molecule has 0 radical (unpaired) electrons. The molecular weight excluding hydrogens is 234 g/mol. The molecular formula is C12H11N3O3. The number of carbonyl (C=O) groups excluding carboxylic acids is 2. The van der Waals surface area contributed by atoms with E-state index in [1.165, 1.54) is 11.8 Å². The van der Waals surface area contributed by atoms with Crippen molar-refractivity contribution < 1.29 is 14.3 Å². The number of ether oxygens (including phenoxy) is 1. The van der Waals surface area contributed by atoms with Crippen molar-refractivity contribution in [3.63, 3.8) is 0 Å². The van der Waals surface area contributed by atoms with E-state index < -0.39 is 11.9 Å². The van der Waals surface area contributed by atoms with E-state index in [9.17, 15) is 9.59 Å². The molecule has 2 aromatic rings. The van der Waals surface area contributed by atoms with Crippen LogP contribution in [0.5, 0.6) is 0 Å². The molecule has 0 unspecified atom stereocenters. The highest BCUT2D eigenvalue weighted by Crippen LogP contribution is 2.10. The maximum atomic E-state index is 11.2. The Morgan fingerprint density at radius 2 is 1.89 bits per heavy atom. The third-order valence-corrected chi connectivity index (χ3v) is 2.40. The molecule has 1 heterocycles. The lowest BCUT2D eigenvalue weighted by molar-refractivity contribution is 0.0593. The van der Waals surface area contributed by atoms with E-state index in [0.717, 1.165) is 5.69 Å². The van der Waals surface area contributed by atoms with Gasteiger partial charge in [-0.2, -0.15) is 5.10 Å². The first kappa shape index (κ1) is 11.8. The third-order valence-electron chi connectivity index (χ3n) is 2.40. The fourth-order valence-electron chi connectivity index (χ4n) is 1.46. The minimum absolute atomic E-state index is 0.219. The zero-order chi connectivity index (χ0) is 13.1. The fourth-order valence-corrected chi connectivity index (χ4v) is 1.46. The minimum Gasteiger partial charge on any atom is -0.464 e. The number of nitrogens with two attached hydrogens (primary N) is 1. The molecule has 0 aliphatic carbocycles. The zero-order valence-electron chi connectivity index (χ0n) is 9.66. The molecule has 0 aliphatic heterocycles. The first-order chi connectivity index (χ1) is 8.61. The molecule has 0 bridgehead atoms. The third kappa shape index (κ3) is 2.22. The highest BCUT2D eigenvalue weighted by atomic mass is 16.5. The quantitative estimate of drug-likeness (QED) is 0.808. The van der Waals surface area contributed by atoms with Crippen LogP contribution in [-0.2, 0) is 4.74 Å². The van der Waals surface area contributed by atoms with Crippen LogP contribution in [0.25, 0.3) is 5.69 Å². The number of primary amides is 1. The van der Waals surface area contributed by atoms with E-state index in [1.807, 2.05) is 0 Å². The number of carbonyl (C=O) groups is 2. The summed E-state index contributed by atoms with van der Waals surface area (Å²) in [5.74, 6) is -0.986. The van der Waals surface area contributed by atoms with Gasteiger partial charge < -0.3 is 10.5 Å². The number of esters is 1. The number of hydrogen-bond acceptors (Lipinski definition) is 4. The van der Waals surface area contributed by atoms with Crippen LogP contribution in [0.1, 0.15) is 20.8 Å². The molecule has 1 aromatic heterocycles. The number of hydrogen-bond donors (Lipinski definition) is 1. The van der Waals surface area contributed by atoms with E-state index in [4.69, 9.17) is 5.73 Å². The SMILES string of the molecule is COC(=O)c1ccn(-c2ccc(C(N)=O)cc2)n1. The molecule has 92 valence electrons. The van der Waals surface area contributed by atoms with Crippen molar-refractivity contribution in [2.24, 2.45) is 5.73 Å². The molecule has 0 saturated heterocycles. The van der Waals surface area contributed by atoms with Gasteiger partial charge in [0.15, 0.2) is 5.69 Å². The first-order valence-electron chi connectivity index (χ1n) is 5.16. The Bertz CT molecular complexity index is 587. The van der Waals surface area contributed by atoms with Gasteiger partial charge in [-0.25, -0.2) is 9.48 Å². The van der Waals surface area contributed by atoms with Gasteiger partial charge in [-0.1, -0.05) is 0 Å². The van der Waals surface area contributed by atoms with E-state index in [1.54, 1.807) is 36.5 Å². The molecule has 0 atom stereocenters. The van der Waals surface area contributed by atoms with Crippen LogP contribution in [0.2, 0.25) is 0 Å². The van der Waals surface area contributed by atoms with Crippen molar-refractivity contribution in [3.05, 3.63) is 47.8 Å². The average Bonchev–Trinajstić information content (AvgIpc) is 2.87. The maximum absolute atomic E-state index is 11.2. The van der Waals surface area contributed by atoms with Crippen molar-refractivity contribution in [3.8, 4) is 5.69 Å². The predicted octanol–water partition coefficient (Wildman–Crippen LogP) is 0.758. The van der Waals surface area contributed by atoms with Gasteiger partial charge in [0.25, 0.3) is 0 Å². The van der Waals surface area contributed by atoms with E-state index in [0.29, 0.717) is 5.56 Å². The monoisotopic (exact) mass is 245 g/mol. The molecule has 0 saturated carbocycles. The van der Waals surface area contributed by atoms with Crippen molar-refractivity contribution in [2.45, 2.75) is 0 Å². The summed E-state index contributed by atoms with van der Waals surface area (Å²) in [6.45, 7) is 0. The summed E-state index contributed by atoms with van der Waals surface area (Å²) < 4.78 is 6.07. The second-order valence-electron chi connectivity index (χ2n) is 3.55. The summed E-state index contributed by atoms with van der Waals surface area (Å²) in [7, 11) is 1.29. The molecule has 2 N–H and O–H groups in total. The highest BCUT2D eigenvalue weighted by Gasteiger charge is 2.10. The summed E-state index contributed by atoms with van der Waals surface area (Å²) in [5, 5.41) is 4.05. The molecule has 0 aliphatic rings. The normalized spacial score (nSPS) is 10.1. The molecule has 1 aromatic carbocycles. The topological polar surface area (TPSA) is 87.2 Å². The van der Waals surface area contributed by atoms with Gasteiger partial charge in [-0.3, -0.25) is 4.79 Å². The van der Waals surface area contributed by atoms with Crippen LogP contribution in [0.15, 0.2) is 36.5 Å². The Morgan fingerprint density at radius 3 is 2.44 bits per heavy atom. The van der Waals surface area contributed by atoms with Gasteiger partial charge >= 0.3 is 5.97 Å². The van der Waals surface area contributed by atoms with Crippen LogP contribution in [0.3, 0.4) is 0 Å². The number of nitrogens with zero attached hydrogens (tertiary/aromatic N) is 2. The van der Waals surface area contributed by atoms with Gasteiger partial charge in [0.05, 0.1) is 12.8 Å². The minimum atomic E-state index is -0.498. The van der Waals surface area contributed by atoms with Gasteiger partial charge in [-0.05, 0) is 30.3 Å². The van der Waals surface area contributed by atoms with Crippen LogP contribution in [0, 0.1) is 0 Å². The zero-order valence-corrected chi connectivity index (χ0v) is 9.66. The highest BCUT2D eigenvalue weighted by molar-refractivity contribution is 5.92. The Labute approximate surface area is 103 Å². The number of methoxy groups -OCH3 is 1. The summed E-state index contributed by atoms with van der Waals surface area (Å²) in [6.07, 6.45) is 1.63. The molecule has 1 amide bonds. The summed E-state index contributed by atoms with van der Waals surface area (Å²) in [6, 6.07) is 8.12. The number of benzene rings is 1. The summed E-state index contributed by atoms with van der Waals surface area (Å²) in [5.41, 5.74) is 6.49. The predicted molar refractivity (Wildman–Crippen MR) is 63.4 cm³/mol. The first-order valence-corrected chi connectivity index (χ1v) is 5.16. The van der Waals surface area contributed by atoms with E-state index >= 15 is 0 Å². The standard InChI is InChI=1S/C12H11N3O3/c1-18-12(17)10-6-7-15(14-10)9-4-2-8(3-5-9)11(13)16/h2-7H,1H3,(H2,13,16). The smallest absolute Gasteiger partial charge is 0.358 e. The Hall–Kier alpha value is -2.63. The summed E-state index contributed by atoms with van der Waals surface area (Å²) in [4.78, 5) is 22.2. The lowest BCUT2D eigenvalue weighted by atomic mass is 10.2. The molecule has 0 fully saturated rings. The van der Waals surface area contributed by atoms with Gasteiger partial charge in [0.2, 0.25) is 5.91 Å². The largest absolute Gasteiger partial charge is 0.464 e. The van der Waals surface area contributed by atoms with Crippen LogP contribution >= 0.6 is 0 Å². The lowest BCUT2D eigenvalue weighted by Gasteiger charge is -2.01. The molecule has 0 spiro atoms. The van der Waals surface area contributed by atoms with Gasteiger partial charge in [0, 0.05) is 11.8 Å². The fraction of sp³-hybridized carbons (Fsp3) is 0.0833. The van der Waals surface area contributed by atoms with Crippen molar-refractivity contribution in [1.29, 1.82) is 0 Å². The van der Waals surface area contributed by atoms with Crippen LogP contribution < -0.4 is 5.73 Å². The Morgan fingerprint density at radius 1 is 1.22 bits per heavy atom. The number of rotatable bonds is 3. The molecule has 6 heteroatoms. The maximum Gasteiger partial charge on any atom is 0.358 e. The Kier molecular flexibility index (Phi) is 3.09. The number of aromatic nitrogens is 2. The second-order valence-corrected chi connectivity index (χ2v) is 3.55. The molecule has 2 rings (SSSR count). The van der Waals surface area contributed by atoms with Crippen LogP contribution in [0.4, 0.5) is 0 Å².